The Morgan fingerprint density at radius 2 is 2.27 bits per heavy atom. The molecule has 0 radical (unpaired) electrons. The second kappa shape index (κ2) is 3.36. The SMILES string of the molecule is COc1c(C2CC2C(C)=O)c(C)nn1C. The van der Waals surface area contributed by atoms with E-state index < -0.39 is 0 Å². The molecule has 15 heavy (non-hydrogen) atoms. The molecule has 82 valence electrons. The smallest absolute Gasteiger partial charge is 0.215 e. The number of carbonyl (C=O) groups is 1. The Morgan fingerprint density at radius 1 is 1.60 bits per heavy atom. The van der Waals surface area contributed by atoms with E-state index in [9.17, 15) is 4.79 Å². The van der Waals surface area contributed by atoms with E-state index in [-0.39, 0.29) is 11.7 Å². The second-order valence-electron chi connectivity index (χ2n) is 4.19. The molecule has 1 fully saturated rings. The molecule has 1 saturated carbocycles. The Labute approximate surface area is 89.2 Å². The largest absolute Gasteiger partial charge is 0.481 e. The van der Waals surface area contributed by atoms with E-state index in [2.05, 4.69) is 5.10 Å². The average Bonchev–Trinajstić information content (AvgIpc) is 2.87. The number of hydrogen-bond acceptors (Lipinski definition) is 3. The van der Waals surface area contributed by atoms with Crippen molar-refractivity contribution in [1.29, 1.82) is 0 Å². The van der Waals surface area contributed by atoms with E-state index in [0.29, 0.717) is 5.92 Å². The van der Waals surface area contributed by atoms with Crippen molar-refractivity contribution in [3.63, 3.8) is 0 Å². The van der Waals surface area contributed by atoms with Gasteiger partial charge in [0.05, 0.1) is 12.8 Å². The fraction of sp³-hybridized carbons (Fsp3) is 0.636. The van der Waals surface area contributed by atoms with Crippen molar-refractivity contribution in [1.82, 2.24) is 9.78 Å². The van der Waals surface area contributed by atoms with Crippen LogP contribution in [-0.2, 0) is 11.8 Å². The number of ketones is 1. The third kappa shape index (κ3) is 1.54. The van der Waals surface area contributed by atoms with Gasteiger partial charge in [-0.1, -0.05) is 0 Å². The summed E-state index contributed by atoms with van der Waals surface area (Å²) in [5.74, 6) is 1.57. The number of aromatic nitrogens is 2. The number of nitrogens with zero attached hydrogens (tertiary/aromatic N) is 2. The summed E-state index contributed by atoms with van der Waals surface area (Å²) in [5.41, 5.74) is 2.09. The van der Waals surface area contributed by atoms with Gasteiger partial charge >= 0.3 is 0 Å². The van der Waals surface area contributed by atoms with E-state index in [4.69, 9.17) is 4.74 Å². The molecule has 2 atom stereocenters. The summed E-state index contributed by atoms with van der Waals surface area (Å²) in [6, 6.07) is 0. The normalized spacial score (nSPS) is 24.0. The first-order valence-electron chi connectivity index (χ1n) is 5.14. The summed E-state index contributed by atoms with van der Waals surface area (Å²) in [4.78, 5) is 11.2. The molecule has 0 amide bonds. The quantitative estimate of drug-likeness (QED) is 0.754. The zero-order valence-electron chi connectivity index (χ0n) is 9.57. The van der Waals surface area contributed by atoms with Gasteiger partial charge in [0, 0.05) is 24.4 Å². The number of ether oxygens (including phenoxy) is 1. The van der Waals surface area contributed by atoms with Gasteiger partial charge in [0.15, 0.2) is 0 Å². The lowest BCUT2D eigenvalue weighted by molar-refractivity contribution is -0.118. The first kappa shape index (κ1) is 10.2. The van der Waals surface area contributed by atoms with E-state index in [1.807, 2.05) is 14.0 Å². The van der Waals surface area contributed by atoms with Crippen LogP contribution in [0.15, 0.2) is 0 Å². The Balaban J connectivity index is 2.33. The summed E-state index contributed by atoms with van der Waals surface area (Å²) >= 11 is 0. The molecule has 4 heteroatoms. The van der Waals surface area contributed by atoms with Crippen LogP contribution in [-0.4, -0.2) is 22.7 Å². The van der Waals surface area contributed by atoms with Gasteiger partial charge in [-0.25, -0.2) is 4.68 Å². The lowest BCUT2D eigenvalue weighted by atomic mass is 10.1. The molecule has 2 rings (SSSR count). The van der Waals surface area contributed by atoms with Crippen LogP contribution in [0.3, 0.4) is 0 Å². The summed E-state index contributed by atoms with van der Waals surface area (Å²) in [7, 11) is 3.51. The molecule has 2 unspecified atom stereocenters. The molecule has 0 N–H and O–H groups in total. The number of carbonyl (C=O) groups excluding carboxylic acids is 1. The maximum atomic E-state index is 11.2. The van der Waals surface area contributed by atoms with Crippen molar-refractivity contribution in [2.45, 2.75) is 26.2 Å². The van der Waals surface area contributed by atoms with Crippen molar-refractivity contribution in [3.8, 4) is 5.88 Å². The van der Waals surface area contributed by atoms with Crippen LogP contribution in [0.25, 0.3) is 0 Å². The van der Waals surface area contributed by atoms with Crippen molar-refractivity contribution in [2.24, 2.45) is 13.0 Å². The molecule has 0 aromatic carbocycles. The molecule has 0 aliphatic heterocycles. The molecule has 1 heterocycles. The maximum Gasteiger partial charge on any atom is 0.215 e. The lowest BCUT2D eigenvalue weighted by Crippen LogP contribution is -1.98. The minimum Gasteiger partial charge on any atom is -0.481 e. The Kier molecular flexibility index (Phi) is 2.29. The molecule has 1 aromatic rings. The highest BCUT2D eigenvalue weighted by Crippen LogP contribution is 2.51. The minimum absolute atomic E-state index is 0.182. The molecule has 4 nitrogen and oxygen atoms in total. The van der Waals surface area contributed by atoms with Crippen molar-refractivity contribution in [2.75, 3.05) is 7.11 Å². The standard InChI is InChI=1S/C11H16N2O2/c1-6-10(9-5-8(9)7(2)14)11(15-4)13(3)12-6/h8-9H,5H2,1-4H3. The number of hydrogen-bond donors (Lipinski definition) is 0. The van der Waals surface area contributed by atoms with Crippen molar-refractivity contribution in [3.05, 3.63) is 11.3 Å². The van der Waals surface area contributed by atoms with Gasteiger partial charge in [0.1, 0.15) is 5.78 Å². The molecule has 1 aliphatic rings. The summed E-state index contributed by atoms with van der Waals surface area (Å²) in [5, 5.41) is 4.32. The molecule has 0 saturated heterocycles. The highest BCUT2D eigenvalue weighted by Gasteiger charge is 2.45. The highest BCUT2D eigenvalue weighted by molar-refractivity contribution is 5.82. The van der Waals surface area contributed by atoms with E-state index >= 15 is 0 Å². The minimum atomic E-state index is 0.182. The van der Waals surface area contributed by atoms with E-state index in [1.54, 1.807) is 18.7 Å². The van der Waals surface area contributed by atoms with E-state index in [0.717, 1.165) is 23.6 Å². The number of methoxy groups -OCH3 is 1. The van der Waals surface area contributed by atoms with Gasteiger partial charge < -0.3 is 4.74 Å². The highest BCUT2D eigenvalue weighted by atomic mass is 16.5. The van der Waals surface area contributed by atoms with Crippen molar-refractivity contribution >= 4 is 5.78 Å². The first-order valence-corrected chi connectivity index (χ1v) is 5.14. The predicted molar refractivity (Wildman–Crippen MR) is 56.0 cm³/mol. The molecule has 1 aliphatic carbocycles. The summed E-state index contributed by atoms with van der Waals surface area (Å²) in [6.45, 7) is 3.62. The Bertz CT molecular complexity index is 409. The van der Waals surface area contributed by atoms with Crippen LogP contribution >= 0.6 is 0 Å². The molecule has 1 aromatic heterocycles. The van der Waals surface area contributed by atoms with Crippen LogP contribution in [0.1, 0.15) is 30.5 Å². The second-order valence-corrected chi connectivity index (χ2v) is 4.19. The molecule has 0 bridgehead atoms. The fourth-order valence-electron chi connectivity index (χ4n) is 2.29. The van der Waals surface area contributed by atoms with Crippen molar-refractivity contribution < 1.29 is 9.53 Å². The van der Waals surface area contributed by atoms with E-state index in [1.165, 1.54) is 0 Å². The number of Topliss-reactive ketones (excluding diaryl/α,β-unsaturated/α-hetero) is 1. The Hall–Kier alpha value is -1.32. The number of aryl methyl sites for hydroxylation is 2. The summed E-state index contributed by atoms with van der Waals surface area (Å²) < 4.78 is 7.05. The van der Waals surface area contributed by atoms with Crippen LogP contribution < -0.4 is 4.74 Å². The van der Waals surface area contributed by atoms with Gasteiger partial charge in [-0.3, -0.25) is 4.79 Å². The molecular formula is C11H16N2O2. The van der Waals surface area contributed by atoms with Gasteiger partial charge in [0.25, 0.3) is 0 Å². The molecular weight excluding hydrogens is 192 g/mol. The zero-order chi connectivity index (χ0) is 11.2. The molecule has 0 spiro atoms. The topological polar surface area (TPSA) is 44.1 Å². The summed E-state index contributed by atoms with van der Waals surface area (Å²) in [6.07, 6.45) is 0.943. The first-order chi connectivity index (χ1) is 7.06. The average molecular weight is 208 g/mol. The number of rotatable bonds is 3. The van der Waals surface area contributed by atoms with Crippen LogP contribution in [0.2, 0.25) is 0 Å². The fourth-order valence-corrected chi connectivity index (χ4v) is 2.29. The maximum absolute atomic E-state index is 11.2. The van der Waals surface area contributed by atoms with Gasteiger partial charge in [-0.05, 0) is 20.3 Å². The third-order valence-corrected chi connectivity index (χ3v) is 3.09. The van der Waals surface area contributed by atoms with Gasteiger partial charge in [-0.2, -0.15) is 5.10 Å². The predicted octanol–water partition coefficient (Wildman–Crippen LogP) is 1.43. The van der Waals surface area contributed by atoms with Crippen LogP contribution in [0.4, 0.5) is 0 Å². The van der Waals surface area contributed by atoms with Gasteiger partial charge in [0.2, 0.25) is 5.88 Å². The Morgan fingerprint density at radius 3 is 2.73 bits per heavy atom. The zero-order valence-corrected chi connectivity index (χ0v) is 9.57. The van der Waals surface area contributed by atoms with Crippen LogP contribution in [0, 0.1) is 12.8 Å². The third-order valence-electron chi connectivity index (χ3n) is 3.09. The monoisotopic (exact) mass is 208 g/mol. The lowest BCUT2D eigenvalue weighted by Gasteiger charge is -2.03. The van der Waals surface area contributed by atoms with Crippen LogP contribution in [0.5, 0.6) is 5.88 Å². The van der Waals surface area contributed by atoms with Gasteiger partial charge in [-0.15, -0.1) is 0 Å².